The summed E-state index contributed by atoms with van der Waals surface area (Å²) in [6.07, 6.45) is 2.75. The second-order valence-electron chi connectivity index (χ2n) is 5.84. The Balaban J connectivity index is 1.52. The average molecular weight is 447 g/mol. The molecular weight excluding hydrogens is 431 g/mol. The number of halogens is 2. The third-order valence-electron chi connectivity index (χ3n) is 3.79. The molecule has 0 radical (unpaired) electrons. The van der Waals surface area contributed by atoms with Gasteiger partial charge in [-0.05, 0) is 42.0 Å². The molecule has 3 rings (SSSR count). The molecule has 0 bridgehead atoms. The van der Waals surface area contributed by atoms with Crippen LogP contribution in [0.4, 0.5) is 4.39 Å². The maximum absolute atomic E-state index is 14.2. The molecule has 0 aliphatic rings. The number of hydrogen-bond acceptors (Lipinski definition) is 5. The van der Waals surface area contributed by atoms with E-state index in [1.54, 1.807) is 30.3 Å². The van der Waals surface area contributed by atoms with Crippen molar-refractivity contribution in [1.82, 2.24) is 9.55 Å². The van der Waals surface area contributed by atoms with Gasteiger partial charge in [-0.2, -0.15) is 0 Å². The zero-order chi connectivity index (χ0) is 19.9. The Morgan fingerprint density at radius 2 is 1.93 bits per heavy atom. The Kier molecular flexibility index (Phi) is 6.54. The Bertz CT molecular complexity index is 1020. The SMILES string of the molecule is O=C(CCn1cnccc1=O)OCc1ccc(Oc2ccc(Br)cc2)c(F)c1. The highest BCUT2D eigenvalue weighted by Gasteiger charge is 2.09. The number of carbonyl (C=O) groups is 1. The van der Waals surface area contributed by atoms with Gasteiger partial charge in [0.25, 0.3) is 5.56 Å². The molecule has 144 valence electrons. The first-order valence-corrected chi connectivity index (χ1v) is 9.18. The van der Waals surface area contributed by atoms with Crippen molar-refractivity contribution in [1.29, 1.82) is 0 Å². The summed E-state index contributed by atoms with van der Waals surface area (Å²) in [5.74, 6) is -0.468. The number of carbonyl (C=O) groups excluding carboxylic acids is 1. The van der Waals surface area contributed by atoms with Crippen molar-refractivity contribution in [3.8, 4) is 11.5 Å². The summed E-state index contributed by atoms with van der Waals surface area (Å²) in [6.45, 7) is 0.0933. The van der Waals surface area contributed by atoms with Gasteiger partial charge >= 0.3 is 5.97 Å². The largest absolute Gasteiger partial charge is 0.461 e. The molecule has 28 heavy (non-hydrogen) atoms. The lowest BCUT2D eigenvalue weighted by atomic mass is 10.2. The molecule has 6 nitrogen and oxygen atoms in total. The smallest absolute Gasteiger partial charge is 0.307 e. The van der Waals surface area contributed by atoms with Gasteiger partial charge in [-0.25, -0.2) is 9.37 Å². The summed E-state index contributed by atoms with van der Waals surface area (Å²) in [7, 11) is 0. The fourth-order valence-corrected chi connectivity index (χ4v) is 2.60. The summed E-state index contributed by atoms with van der Waals surface area (Å²) in [5.41, 5.74) is 0.249. The van der Waals surface area contributed by atoms with Crippen molar-refractivity contribution in [2.24, 2.45) is 0 Å². The van der Waals surface area contributed by atoms with Crippen LogP contribution in [-0.2, 0) is 22.7 Å². The molecule has 3 aromatic rings. The zero-order valence-corrected chi connectivity index (χ0v) is 16.3. The number of benzene rings is 2. The van der Waals surface area contributed by atoms with Crippen molar-refractivity contribution in [3.05, 3.63) is 87.3 Å². The monoisotopic (exact) mass is 446 g/mol. The van der Waals surface area contributed by atoms with Crippen LogP contribution in [0.25, 0.3) is 0 Å². The molecule has 0 fully saturated rings. The number of ether oxygens (including phenoxy) is 2. The number of nitrogens with zero attached hydrogens (tertiary/aromatic N) is 2. The number of esters is 1. The molecule has 1 heterocycles. The first-order valence-electron chi connectivity index (χ1n) is 8.39. The lowest BCUT2D eigenvalue weighted by Crippen LogP contribution is -2.20. The minimum Gasteiger partial charge on any atom is -0.461 e. The highest BCUT2D eigenvalue weighted by molar-refractivity contribution is 9.10. The van der Waals surface area contributed by atoms with Crippen LogP contribution in [0, 0.1) is 5.82 Å². The Morgan fingerprint density at radius 1 is 1.14 bits per heavy atom. The summed E-state index contributed by atoms with van der Waals surface area (Å²) in [6, 6.07) is 12.7. The molecule has 0 unspecified atom stereocenters. The third kappa shape index (κ3) is 5.50. The molecule has 1 aromatic heterocycles. The van der Waals surface area contributed by atoms with E-state index in [4.69, 9.17) is 9.47 Å². The van der Waals surface area contributed by atoms with Crippen LogP contribution in [0.15, 0.2) is 70.3 Å². The van der Waals surface area contributed by atoms with E-state index in [1.165, 1.54) is 35.3 Å². The second-order valence-corrected chi connectivity index (χ2v) is 6.76. The molecular formula is C20H16BrFN2O4. The molecule has 0 saturated carbocycles. The number of hydrogen-bond donors (Lipinski definition) is 0. The molecule has 2 aromatic carbocycles. The van der Waals surface area contributed by atoms with Gasteiger partial charge in [0.15, 0.2) is 11.6 Å². The average Bonchev–Trinajstić information content (AvgIpc) is 2.69. The Labute approximate surface area is 168 Å². The number of rotatable bonds is 7. The van der Waals surface area contributed by atoms with E-state index in [2.05, 4.69) is 20.9 Å². The minimum atomic E-state index is -0.557. The topological polar surface area (TPSA) is 70.4 Å². The van der Waals surface area contributed by atoms with Gasteiger partial charge in [-0.3, -0.25) is 14.2 Å². The molecule has 0 atom stereocenters. The van der Waals surface area contributed by atoms with E-state index < -0.39 is 11.8 Å². The van der Waals surface area contributed by atoms with Gasteiger partial charge in [0.1, 0.15) is 12.4 Å². The zero-order valence-electron chi connectivity index (χ0n) is 14.7. The second kappa shape index (κ2) is 9.27. The fraction of sp³-hybridized carbons (Fsp3) is 0.150. The first-order chi connectivity index (χ1) is 13.5. The van der Waals surface area contributed by atoms with Gasteiger partial charge < -0.3 is 9.47 Å². The van der Waals surface area contributed by atoms with Gasteiger partial charge in [0.05, 0.1) is 12.7 Å². The first kappa shape index (κ1) is 19.8. The summed E-state index contributed by atoms with van der Waals surface area (Å²) in [5, 5.41) is 0. The third-order valence-corrected chi connectivity index (χ3v) is 4.32. The van der Waals surface area contributed by atoms with E-state index in [1.807, 2.05) is 0 Å². The molecule has 0 amide bonds. The standard InChI is InChI=1S/C20H16BrFN2O4/c21-15-2-4-16(5-3-15)28-18-6-1-14(11-17(18)22)12-27-20(26)8-10-24-13-23-9-7-19(24)25/h1-7,9,11,13H,8,10,12H2. The molecule has 0 N–H and O–H groups in total. The van der Waals surface area contributed by atoms with Crippen LogP contribution < -0.4 is 10.3 Å². The minimum absolute atomic E-state index is 0.0127. The molecule has 0 spiro atoms. The maximum Gasteiger partial charge on any atom is 0.307 e. The van der Waals surface area contributed by atoms with E-state index >= 15 is 0 Å². The van der Waals surface area contributed by atoms with Crippen LogP contribution in [0.1, 0.15) is 12.0 Å². The van der Waals surface area contributed by atoms with E-state index in [0.717, 1.165) is 4.47 Å². The van der Waals surface area contributed by atoms with Gasteiger partial charge in [-0.15, -0.1) is 0 Å². The van der Waals surface area contributed by atoms with Crippen molar-refractivity contribution < 1.29 is 18.7 Å². The maximum atomic E-state index is 14.2. The quantitative estimate of drug-likeness (QED) is 0.511. The van der Waals surface area contributed by atoms with E-state index in [0.29, 0.717) is 11.3 Å². The fourth-order valence-electron chi connectivity index (χ4n) is 2.34. The highest BCUT2D eigenvalue weighted by Crippen LogP contribution is 2.26. The van der Waals surface area contributed by atoms with Crippen molar-refractivity contribution >= 4 is 21.9 Å². The van der Waals surface area contributed by atoms with Gasteiger partial charge in [-0.1, -0.05) is 22.0 Å². The predicted octanol–water partition coefficient (Wildman–Crippen LogP) is 4.07. The van der Waals surface area contributed by atoms with Crippen LogP contribution in [0.2, 0.25) is 0 Å². The number of aromatic nitrogens is 2. The summed E-state index contributed by atoms with van der Waals surface area (Å²) in [4.78, 5) is 27.2. The predicted molar refractivity (Wildman–Crippen MR) is 104 cm³/mol. The van der Waals surface area contributed by atoms with E-state index in [-0.39, 0.29) is 30.9 Å². The van der Waals surface area contributed by atoms with Crippen molar-refractivity contribution in [2.45, 2.75) is 19.6 Å². The van der Waals surface area contributed by atoms with Crippen LogP contribution in [0.3, 0.4) is 0 Å². The van der Waals surface area contributed by atoms with Crippen molar-refractivity contribution in [3.63, 3.8) is 0 Å². The highest BCUT2D eigenvalue weighted by atomic mass is 79.9. The molecule has 0 saturated heterocycles. The van der Waals surface area contributed by atoms with Crippen LogP contribution in [-0.4, -0.2) is 15.5 Å². The lowest BCUT2D eigenvalue weighted by Gasteiger charge is -2.09. The van der Waals surface area contributed by atoms with Crippen LogP contribution in [0.5, 0.6) is 11.5 Å². The number of aryl methyl sites for hydroxylation is 1. The van der Waals surface area contributed by atoms with E-state index in [9.17, 15) is 14.0 Å². The van der Waals surface area contributed by atoms with Gasteiger partial charge in [0, 0.05) is 23.3 Å². The molecule has 0 aliphatic heterocycles. The Morgan fingerprint density at radius 3 is 2.64 bits per heavy atom. The van der Waals surface area contributed by atoms with Crippen LogP contribution >= 0.6 is 15.9 Å². The Hall–Kier alpha value is -3.00. The van der Waals surface area contributed by atoms with Gasteiger partial charge in [0.2, 0.25) is 0 Å². The summed E-state index contributed by atoms with van der Waals surface area (Å²) >= 11 is 3.32. The summed E-state index contributed by atoms with van der Waals surface area (Å²) < 4.78 is 27.1. The normalized spacial score (nSPS) is 10.5. The molecule has 0 aliphatic carbocycles. The lowest BCUT2D eigenvalue weighted by molar-refractivity contribution is -0.145. The van der Waals surface area contributed by atoms with Crippen molar-refractivity contribution in [2.75, 3.05) is 0 Å². The molecule has 8 heteroatoms.